The number of rotatable bonds is 4. The molecule has 3 nitrogen and oxygen atoms in total. The Bertz CT molecular complexity index is 497. The smallest absolute Gasteiger partial charge is 0.181 e. The first-order valence-corrected chi connectivity index (χ1v) is 6.24. The summed E-state index contributed by atoms with van der Waals surface area (Å²) in [5.74, 6) is 1.66. The molecule has 2 aromatic heterocycles. The molecular weight excluding hydrogens is 212 g/mol. The second-order valence-corrected chi connectivity index (χ2v) is 4.68. The van der Waals surface area contributed by atoms with Crippen molar-refractivity contribution < 1.29 is 4.42 Å². The van der Waals surface area contributed by atoms with Gasteiger partial charge in [0.05, 0.1) is 5.69 Å². The molecule has 0 bridgehead atoms. The molecular formula is C14H16N2O. The maximum atomic E-state index is 5.48. The zero-order chi connectivity index (χ0) is 11.7. The van der Waals surface area contributed by atoms with Gasteiger partial charge in [0.15, 0.2) is 12.2 Å². The van der Waals surface area contributed by atoms with Gasteiger partial charge in [-0.25, -0.2) is 4.98 Å². The van der Waals surface area contributed by atoms with Crippen LogP contribution in [0.4, 0.5) is 0 Å². The Hall–Kier alpha value is -1.64. The van der Waals surface area contributed by atoms with E-state index in [2.05, 4.69) is 23.0 Å². The summed E-state index contributed by atoms with van der Waals surface area (Å²) in [5, 5.41) is 0. The first-order valence-electron chi connectivity index (χ1n) is 6.24. The monoisotopic (exact) mass is 228 g/mol. The van der Waals surface area contributed by atoms with Crippen molar-refractivity contribution in [3.8, 4) is 11.5 Å². The summed E-state index contributed by atoms with van der Waals surface area (Å²) in [6.07, 6.45) is 8.14. The van der Waals surface area contributed by atoms with Crippen LogP contribution in [0.2, 0.25) is 0 Å². The molecule has 1 aliphatic rings. The van der Waals surface area contributed by atoms with Gasteiger partial charge < -0.3 is 4.42 Å². The van der Waals surface area contributed by atoms with Gasteiger partial charge in [0.2, 0.25) is 0 Å². The summed E-state index contributed by atoms with van der Waals surface area (Å²) in [5.41, 5.74) is 3.21. The highest BCUT2D eigenvalue weighted by Crippen LogP contribution is 2.34. The van der Waals surface area contributed by atoms with Crippen LogP contribution in [0.3, 0.4) is 0 Å². The van der Waals surface area contributed by atoms with Crippen molar-refractivity contribution in [2.24, 2.45) is 5.92 Å². The van der Waals surface area contributed by atoms with Crippen LogP contribution in [0, 0.1) is 5.92 Å². The van der Waals surface area contributed by atoms with E-state index in [1.807, 2.05) is 12.3 Å². The lowest BCUT2D eigenvalue weighted by Gasteiger charge is -2.01. The standard InChI is InChI=1S/C14H16N2O/c1-2-10-5-6-12(15-8-10)14-13(16-9-17-14)7-11-3-4-11/h5-6,8-9,11H,2-4,7H2,1H3. The van der Waals surface area contributed by atoms with Gasteiger partial charge in [0.1, 0.15) is 5.69 Å². The number of oxazole rings is 1. The zero-order valence-electron chi connectivity index (χ0n) is 10.0. The Kier molecular flexibility index (Phi) is 2.67. The van der Waals surface area contributed by atoms with Gasteiger partial charge in [-0.15, -0.1) is 0 Å². The van der Waals surface area contributed by atoms with Crippen molar-refractivity contribution in [1.82, 2.24) is 9.97 Å². The Morgan fingerprint density at radius 1 is 1.29 bits per heavy atom. The summed E-state index contributed by atoms with van der Waals surface area (Å²) in [4.78, 5) is 8.76. The molecule has 1 saturated carbocycles. The summed E-state index contributed by atoms with van der Waals surface area (Å²) in [6.45, 7) is 2.13. The van der Waals surface area contributed by atoms with Gasteiger partial charge in [0.25, 0.3) is 0 Å². The third-order valence-electron chi connectivity index (χ3n) is 3.29. The predicted octanol–water partition coefficient (Wildman–Crippen LogP) is 3.25. The summed E-state index contributed by atoms with van der Waals surface area (Å²) in [6, 6.07) is 4.13. The second-order valence-electron chi connectivity index (χ2n) is 4.68. The van der Waals surface area contributed by atoms with Crippen LogP contribution in [-0.2, 0) is 12.8 Å². The molecule has 0 aromatic carbocycles. The number of hydrogen-bond acceptors (Lipinski definition) is 3. The molecule has 88 valence electrons. The van der Waals surface area contributed by atoms with Crippen LogP contribution in [-0.4, -0.2) is 9.97 Å². The Morgan fingerprint density at radius 3 is 2.82 bits per heavy atom. The van der Waals surface area contributed by atoms with E-state index in [1.54, 1.807) is 0 Å². The van der Waals surface area contributed by atoms with Gasteiger partial charge in [-0.1, -0.05) is 13.0 Å². The molecule has 0 saturated heterocycles. The summed E-state index contributed by atoms with van der Waals surface area (Å²) < 4.78 is 5.48. The fourth-order valence-electron chi connectivity index (χ4n) is 1.99. The minimum Gasteiger partial charge on any atom is -0.442 e. The normalized spacial score (nSPS) is 15.1. The van der Waals surface area contributed by atoms with Gasteiger partial charge in [-0.3, -0.25) is 4.98 Å². The SMILES string of the molecule is CCc1ccc(-c2ocnc2CC2CC2)nc1. The lowest BCUT2D eigenvalue weighted by atomic mass is 10.1. The number of aryl methyl sites for hydroxylation is 1. The van der Waals surface area contributed by atoms with E-state index in [-0.39, 0.29) is 0 Å². The fourth-order valence-corrected chi connectivity index (χ4v) is 1.99. The highest BCUT2D eigenvalue weighted by atomic mass is 16.3. The van der Waals surface area contributed by atoms with E-state index in [4.69, 9.17) is 4.42 Å². The quantitative estimate of drug-likeness (QED) is 0.806. The maximum absolute atomic E-state index is 5.48. The third kappa shape index (κ3) is 2.23. The third-order valence-corrected chi connectivity index (χ3v) is 3.29. The number of aromatic nitrogens is 2. The molecule has 3 heteroatoms. The van der Waals surface area contributed by atoms with Gasteiger partial charge >= 0.3 is 0 Å². The van der Waals surface area contributed by atoms with Gasteiger partial charge in [-0.05, 0) is 43.2 Å². The predicted molar refractivity (Wildman–Crippen MR) is 65.5 cm³/mol. The van der Waals surface area contributed by atoms with Crippen LogP contribution >= 0.6 is 0 Å². The van der Waals surface area contributed by atoms with Crippen molar-refractivity contribution in [1.29, 1.82) is 0 Å². The molecule has 0 aliphatic heterocycles. The summed E-state index contributed by atoms with van der Waals surface area (Å²) >= 11 is 0. The summed E-state index contributed by atoms with van der Waals surface area (Å²) in [7, 11) is 0. The molecule has 0 spiro atoms. The van der Waals surface area contributed by atoms with Crippen LogP contribution in [0.25, 0.3) is 11.5 Å². The fraction of sp³-hybridized carbons (Fsp3) is 0.429. The average Bonchev–Trinajstić information content (AvgIpc) is 3.06. The molecule has 2 aromatic rings. The lowest BCUT2D eigenvalue weighted by molar-refractivity contribution is 0.568. The average molecular weight is 228 g/mol. The zero-order valence-corrected chi connectivity index (χ0v) is 10.0. The molecule has 1 fully saturated rings. The number of pyridine rings is 1. The molecule has 17 heavy (non-hydrogen) atoms. The Labute approximate surface area is 101 Å². The van der Waals surface area contributed by atoms with Gasteiger partial charge in [0, 0.05) is 6.20 Å². The Balaban J connectivity index is 1.88. The lowest BCUT2D eigenvalue weighted by Crippen LogP contribution is -1.92. The molecule has 0 amide bonds. The second kappa shape index (κ2) is 4.32. The van der Waals surface area contributed by atoms with Crippen molar-refractivity contribution in [3.63, 3.8) is 0 Å². The van der Waals surface area contributed by atoms with Crippen LogP contribution < -0.4 is 0 Å². The van der Waals surface area contributed by atoms with Crippen molar-refractivity contribution >= 4 is 0 Å². The van der Waals surface area contributed by atoms with Crippen molar-refractivity contribution in [2.75, 3.05) is 0 Å². The van der Waals surface area contributed by atoms with Crippen molar-refractivity contribution in [2.45, 2.75) is 32.6 Å². The van der Waals surface area contributed by atoms with E-state index in [9.17, 15) is 0 Å². The molecule has 2 heterocycles. The van der Waals surface area contributed by atoms with Crippen LogP contribution in [0.5, 0.6) is 0 Å². The molecule has 3 rings (SSSR count). The maximum Gasteiger partial charge on any atom is 0.181 e. The molecule has 0 radical (unpaired) electrons. The highest BCUT2D eigenvalue weighted by molar-refractivity contribution is 5.54. The van der Waals surface area contributed by atoms with Gasteiger partial charge in [-0.2, -0.15) is 0 Å². The van der Waals surface area contributed by atoms with E-state index >= 15 is 0 Å². The van der Waals surface area contributed by atoms with E-state index in [0.29, 0.717) is 0 Å². The van der Waals surface area contributed by atoms with E-state index in [1.165, 1.54) is 24.8 Å². The number of nitrogens with zero attached hydrogens (tertiary/aromatic N) is 2. The number of hydrogen-bond donors (Lipinski definition) is 0. The van der Waals surface area contributed by atoms with Crippen LogP contribution in [0.1, 0.15) is 31.0 Å². The molecule has 0 N–H and O–H groups in total. The minimum absolute atomic E-state index is 0.814. The first kappa shape index (κ1) is 10.5. The molecule has 0 unspecified atom stereocenters. The van der Waals surface area contributed by atoms with E-state index < -0.39 is 0 Å². The van der Waals surface area contributed by atoms with Crippen molar-refractivity contribution in [3.05, 3.63) is 36.0 Å². The topological polar surface area (TPSA) is 38.9 Å². The Morgan fingerprint density at radius 2 is 2.18 bits per heavy atom. The van der Waals surface area contributed by atoms with Crippen LogP contribution in [0.15, 0.2) is 29.1 Å². The molecule has 1 aliphatic carbocycles. The molecule has 0 atom stereocenters. The largest absolute Gasteiger partial charge is 0.442 e. The minimum atomic E-state index is 0.814. The highest BCUT2D eigenvalue weighted by Gasteiger charge is 2.25. The first-order chi connectivity index (χ1) is 8.36. The van der Waals surface area contributed by atoms with E-state index in [0.717, 1.165) is 35.9 Å².